The largest absolute Gasteiger partial charge is 0.481 e. The molecule has 1 fully saturated rings. The Balaban J connectivity index is 2.07. The minimum absolute atomic E-state index is 0.106. The van der Waals surface area contributed by atoms with E-state index >= 15 is 0 Å². The number of hydrogen-bond acceptors (Lipinski definition) is 2. The highest BCUT2D eigenvalue weighted by atomic mass is 35.5. The van der Waals surface area contributed by atoms with Gasteiger partial charge in [0.1, 0.15) is 5.82 Å². The molecule has 1 aliphatic rings. The minimum Gasteiger partial charge on any atom is -0.481 e. The van der Waals surface area contributed by atoms with Gasteiger partial charge in [-0.3, -0.25) is 9.69 Å². The monoisotopic (exact) mass is 271 g/mol. The third-order valence-corrected chi connectivity index (χ3v) is 3.85. The summed E-state index contributed by atoms with van der Waals surface area (Å²) in [6, 6.07) is 4.70. The molecule has 1 N–H and O–H groups in total. The average Bonchev–Trinajstić information content (AvgIpc) is 2.66. The molecule has 1 aromatic rings. The topological polar surface area (TPSA) is 40.5 Å². The fraction of sp³-hybridized carbons (Fsp3) is 0.462. The maximum Gasteiger partial charge on any atom is 0.308 e. The first-order valence-electron chi connectivity index (χ1n) is 5.87. The SMILES string of the molecule is C[C@@H]1CN(Cc2cccc(F)c2Cl)C[C@H]1C(=O)O. The number of carboxylic acid groups (broad SMARTS) is 1. The maximum atomic E-state index is 13.3. The van der Waals surface area contributed by atoms with Gasteiger partial charge in [0.05, 0.1) is 10.9 Å². The van der Waals surface area contributed by atoms with Crippen LogP contribution in [-0.4, -0.2) is 29.1 Å². The Morgan fingerprint density at radius 3 is 2.89 bits per heavy atom. The minimum atomic E-state index is -0.768. The molecule has 0 radical (unpaired) electrons. The number of hydrogen-bond donors (Lipinski definition) is 1. The van der Waals surface area contributed by atoms with Crippen LogP contribution in [0.1, 0.15) is 12.5 Å². The molecule has 18 heavy (non-hydrogen) atoms. The number of carbonyl (C=O) groups is 1. The Labute approximate surface area is 110 Å². The standard InChI is InChI=1S/C13H15ClFNO2/c1-8-5-16(7-10(8)13(17)18)6-9-3-2-4-11(15)12(9)14/h2-4,8,10H,5-7H2,1H3,(H,17,18)/t8-,10-/m1/s1. The summed E-state index contributed by atoms with van der Waals surface area (Å²) in [6.45, 7) is 3.60. The lowest BCUT2D eigenvalue weighted by atomic mass is 9.99. The second-order valence-electron chi connectivity index (χ2n) is 4.83. The molecular formula is C13H15ClFNO2. The Hall–Kier alpha value is -1.13. The molecule has 1 aliphatic heterocycles. The van der Waals surface area contributed by atoms with E-state index in [9.17, 15) is 9.18 Å². The fourth-order valence-corrected chi connectivity index (χ4v) is 2.61. The molecule has 1 saturated heterocycles. The molecule has 0 unspecified atom stereocenters. The van der Waals surface area contributed by atoms with Crippen molar-refractivity contribution >= 4 is 17.6 Å². The van der Waals surface area contributed by atoms with Gasteiger partial charge in [-0.15, -0.1) is 0 Å². The van der Waals surface area contributed by atoms with E-state index in [2.05, 4.69) is 0 Å². The summed E-state index contributed by atoms with van der Waals surface area (Å²) in [5, 5.41) is 9.18. The van der Waals surface area contributed by atoms with Gasteiger partial charge >= 0.3 is 5.97 Å². The van der Waals surface area contributed by atoms with Crippen molar-refractivity contribution in [2.24, 2.45) is 11.8 Å². The van der Waals surface area contributed by atoms with Crippen molar-refractivity contribution < 1.29 is 14.3 Å². The molecule has 0 saturated carbocycles. The lowest BCUT2D eigenvalue weighted by Gasteiger charge is -2.16. The zero-order valence-corrected chi connectivity index (χ0v) is 10.8. The summed E-state index contributed by atoms with van der Waals surface area (Å²) in [5.41, 5.74) is 0.704. The fourth-order valence-electron chi connectivity index (χ4n) is 2.43. The zero-order valence-electron chi connectivity index (χ0n) is 10.1. The zero-order chi connectivity index (χ0) is 13.3. The van der Waals surface area contributed by atoms with Crippen LogP contribution in [0.25, 0.3) is 0 Å². The van der Waals surface area contributed by atoms with E-state index in [1.165, 1.54) is 6.07 Å². The van der Waals surface area contributed by atoms with Gasteiger partial charge in [-0.2, -0.15) is 0 Å². The van der Waals surface area contributed by atoms with Gasteiger partial charge in [0.15, 0.2) is 0 Å². The molecule has 0 amide bonds. The van der Waals surface area contributed by atoms with E-state index in [-0.39, 0.29) is 16.9 Å². The number of aliphatic carboxylic acids is 1. The van der Waals surface area contributed by atoms with Crippen molar-refractivity contribution in [2.75, 3.05) is 13.1 Å². The van der Waals surface area contributed by atoms with E-state index in [4.69, 9.17) is 16.7 Å². The Morgan fingerprint density at radius 1 is 1.56 bits per heavy atom. The average molecular weight is 272 g/mol. The third kappa shape index (κ3) is 2.65. The van der Waals surface area contributed by atoms with Crippen molar-refractivity contribution in [1.82, 2.24) is 4.90 Å². The lowest BCUT2D eigenvalue weighted by molar-refractivity contribution is -0.142. The van der Waals surface area contributed by atoms with Gasteiger partial charge in [0.2, 0.25) is 0 Å². The summed E-state index contributed by atoms with van der Waals surface area (Å²) in [6.07, 6.45) is 0. The van der Waals surface area contributed by atoms with E-state index in [1.807, 2.05) is 11.8 Å². The quantitative estimate of drug-likeness (QED) is 0.919. The van der Waals surface area contributed by atoms with Crippen LogP contribution >= 0.6 is 11.6 Å². The van der Waals surface area contributed by atoms with Crippen molar-refractivity contribution in [3.05, 3.63) is 34.6 Å². The molecule has 1 heterocycles. The number of halogens is 2. The number of carboxylic acids is 1. The number of likely N-dealkylation sites (tertiary alicyclic amines) is 1. The first-order chi connectivity index (χ1) is 8.49. The van der Waals surface area contributed by atoms with Gasteiger partial charge in [-0.25, -0.2) is 4.39 Å². The molecule has 2 atom stereocenters. The second-order valence-corrected chi connectivity index (χ2v) is 5.21. The van der Waals surface area contributed by atoms with Gasteiger partial charge in [0.25, 0.3) is 0 Å². The van der Waals surface area contributed by atoms with Crippen LogP contribution in [0.5, 0.6) is 0 Å². The van der Waals surface area contributed by atoms with Crippen molar-refractivity contribution in [2.45, 2.75) is 13.5 Å². The molecule has 98 valence electrons. The molecule has 0 aliphatic carbocycles. The maximum absolute atomic E-state index is 13.3. The number of benzene rings is 1. The molecule has 2 rings (SSSR count). The lowest BCUT2D eigenvalue weighted by Crippen LogP contribution is -2.23. The van der Waals surface area contributed by atoms with Crippen LogP contribution in [0.3, 0.4) is 0 Å². The van der Waals surface area contributed by atoms with Crippen molar-refractivity contribution in [3.63, 3.8) is 0 Å². The highest BCUT2D eigenvalue weighted by Crippen LogP contribution is 2.27. The first kappa shape index (κ1) is 13.3. The van der Waals surface area contributed by atoms with Crippen LogP contribution < -0.4 is 0 Å². The highest BCUT2D eigenvalue weighted by Gasteiger charge is 2.34. The molecule has 0 bridgehead atoms. The molecule has 5 heteroatoms. The normalized spacial score (nSPS) is 24.4. The highest BCUT2D eigenvalue weighted by molar-refractivity contribution is 6.31. The van der Waals surface area contributed by atoms with Crippen molar-refractivity contribution in [3.8, 4) is 0 Å². The predicted octanol–water partition coefficient (Wildman–Crippen LogP) is 2.63. The van der Waals surface area contributed by atoms with Gasteiger partial charge in [-0.05, 0) is 17.5 Å². The van der Waals surface area contributed by atoms with Crippen LogP contribution in [0, 0.1) is 17.7 Å². The second kappa shape index (κ2) is 5.24. The van der Waals surface area contributed by atoms with Gasteiger partial charge in [0, 0.05) is 19.6 Å². The Morgan fingerprint density at radius 2 is 2.28 bits per heavy atom. The summed E-state index contributed by atoms with van der Waals surface area (Å²) >= 11 is 5.89. The molecule has 0 spiro atoms. The van der Waals surface area contributed by atoms with Crippen LogP contribution in [0.15, 0.2) is 18.2 Å². The summed E-state index contributed by atoms with van der Waals surface area (Å²) in [4.78, 5) is 13.0. The third-order valence-electron chi connectivity index (χ3n) is 3.43. The number of nitrogens with zero attached hydrogens (tertiary/aromatic N) is 1. The van der Waals surface area contributed by atoms with Crippen LogP contribution in [-0.2, 0) is 11.3 Å². The Bertz CT molecular complexity index is 466. The smallest absolute Gasteiger partial charge is 0.308 e. The molecule has 3 nitrogen and oxygen atoms in total. The Kier molecular flexibility index (Phi) is 3.88. The van der Waals surface area contributed by atoms with Gasteiger partial charge < -0.3 is 5.11 Å². The van der Waals surface area contributed by atoms with E-state index in [1.54, 1.807) is 12.1 Å². The van der Waals surface area contributed by atoms with Crippen LogP contribution in [0.4, 0.5) is 4.39 Å². The molecular weight excluding hydrogens is 257 g/mol. The van der Waals surface area contributed by atoms with E-state index in [0.29, 0.717) is 25.2 Å². The molecule has 1 aromatic carbocycles. The van der Waals surface area contributed by atoms with Gasteiger partial charge in [-0.1, -0.05) is 30.7 Å². The van der Waals surface area contributed by atoms with Crippen LogP contribution in [0.2, 0.25) is 5.02 Å². The predicted molar refractivity (Wildman–Crippen MR) is 67.0 cm³/mol. The van der Waals surface area contributed by atoms with E-state index in [0.717, 1.165) is 0 Å². The first-order valence-corrected chi connectivity index (χ1v) is 6.25. The number of rotatable bonds is 3. The summed E-state index contributed by atoms with van der Waals surface area (Å²) < 4.78 is 13.3. The van der Waals surface area contributed by atoms with E-state index < -0.39 is 11.8 Å². The molecule has 0 aromatic heterocycles. The summed E-state index contributed by atoms with van der Waals surface area (Å²) in [5.74, 6) is -1.45. The summed E-state index contributed by atoms with van der Waals surface area (Å²) in [7, 11) is 0. The van der Waals surface area contributed by atoms with Crippen molar-refractivity contribution in [1.29, 1.82) is 0 Å².